The van der Waals surface area contributed by atoms with Crippen LogP contribution in [0.15, 0.2) is 36.4 Å². The number of nitrogens with two attached hydrogens (primary N) is 1. The molecular weight excluding hydrogens is 318 g/mol. The lowest BCUT2D eigenvalue weighted by molar-refractivity contribution is -0.121. The molecule has 0 saturated carbocycles. The van der Waals surface area contributed by atoms with Crippen molar-refractivity contribution in [2.24, 2.45) is 11.7 Å². The molecule has 2 N–H and O–H groups in total. The molecule has 3 rings (SSSR count). The molecule has 0 unspecified atom stereocenters. The Hall–Kier alpha value is -2.77. The van der Waals surface area contributed by atoms with Crippen molar-refractivity contribution in [2.45, 2.75) is 13.0 Å². The smallest absolute Gasteiger partial charge is 0.387 e. The van der Waals surface area contributed by atoms with Gasteiger partial charge in [0.1, 0.15) is 5.75 Å². The Kier molecular flexibility index (Phi) is 4.54. The molecule has 1 aliphatic heterocycles. The minimum absolute atomic E-state index is 0.0669. The van der Waals surface area contributed by atoms with E-state index in [4.69, 9.17) is 5.73 Å². The maximum Gasteiger partial charge on any atom is 0.387 e. The summed E-state index contributed by atoms with van der Waals surface area (Å²) in [5.41, 5.74) is 6.49. The number of alkyl halides is 2. The Bertz CT molecular complexity index is 724. The third kappa shape index (κ3) is 3.58. The van der Waals surface area contributed by atoms with Gasteiger partial charge in [0.05, 0.1) is 11.6 Å². The Balaban J connectivity index is 1.74. The second-order valence-corrected chi connectivity index (χ2v) is 5.52. The fourth-order valence-electron chi connectivity index (χ4n) is 2.68. The van der Waals surface area contributed by atoms with Crippen LogP contribution in [0, 0.1) is 5.92 Å². The number of rotatable bonds is 5. The van der Waals surface area contributed by atoms with Crippen molar-refractivity contribution in [3.63, 3.8) is 0 Å². The first-order valence-corrected chi connectivity index (χ1v) is 7.46. The summed E-state index contributed by atoms with van der Waals surface area (Å²) in [6.07, 6.45) is 0.700. The zero-order valence-electron chi connectivity index (χ0n) is 12.7. The maximum absolute atomic E-state index is 12.3. The van der Waals surface area contributed by atoms with Crippen molar-refractivity contribution < 1.29 is 18.3 Å². The van der Waals surface area contributed by atoms with Gasteiger partial charge in [-0.2, -0.15) is 8.78 Å². The molecule has 24 heavy (non-hydrogen) atoms. The molecule has 0 spiro atoms. The van der Waals surface area contributed by atoms with E-state index in [-0.39, 0.29) is 17.6 Å². The van der Waals surface area contributed by atoms with E-state index in [9.17, 15) is 13.6 Å². The van der Waals surface area contributed by atoms with Crippen LogP contribution in [-0.2, 0) is 4.79 Å². The van der Waals surface area contributed by atoms with Crippen molar-refractivity contribution in [1.82, 2.24) is 10.2 Å². The van der Waals surface area contributed by atoms with Gasteiger partial charge in [-0.15, -0.1) is 10.2 Å². The van der Waals surface area contributed by atoms with Gasteiger partial charge in [0.25, 0.3) is 0 Å². The average Bonchev–Trinajstić information content (AvgIpc) is 3.05. The number of benzene rings is 1. The number of halogens is 2. The molecule has 1 saturated heterocycles. The van der Waals surface area contributed by atoms with E-state index >= 15 is 0 Å². The van der Waals surface area contributed by atoms with E-state index in [1.807, 2.05) is 4.90 Å². The summed E-state index contributed by atoms with van der Waals surface area (Å²) in [4.78, 5) is 13.2. The van der Waals surface area contributed by atoms with Crippen LogP contribution in [0.3, 0.4) is 0 Å². The lowest BCUT2D eigenvalue weighted by Gasteiger charge is -2.16. The van der Waals surface area contributed by atoms with Gasteiger partial charge < -0.3 is 15.4 Å². The number of hydrogen-bond acceptors (Lipinski definition) is 5. The largest absolute Gasteiger partial charge is 0.435 e. The molecule has 8 heteroatoms. The van der Waals surface area contributed by atoms with Gasteiger partial charge in [-0.05, 0) is 30.7 Å². The van der Waals surface area contributed by atoms with Crippen molar-refractivity contribution in [3.05, 3.63) is 36.4 Å². The second kappa shape index (κ2) is 6.77. The summed E-state index contributed by atoms with van der Waals surface area (Å²) < 4.78 is 28.9. The van der Waals surface area contributed by atoms with Gasteiger partial charge in [-0.3, -0.25) is 4.79 Å². The Morgan fingerprint density at radius 1 is 1.29 bits per heavy atom. The second-order valence-electron chi connectivity index (χ2n) is 5.52. The van der Waals surface area contributed by atoms with E-state index in [1.54, 1.807) is 24.3 Å². The monoisotopic (exact) mass is 334 g/mol. The summed E-state index contributed by atoms with van der Waals surface area (Å²) in [7, 11) is 0. The topological polar surface area (TPSA) is 81.3 Å². The van der Waals surface area contributed by atoms with Crippen LogP contribution < -0.4 is 15.4 Å². The first-order chi connectivity index (χ1) is 11.5. The lowest BCUT2D eigenvalue weighted by atomic mass is 10.1. The summed E-state index contributed by atoms with van der Waals surface area (Å²) in [5, 5.41) is 8.29. The predicted molar refractivity (Wildman–Crippen MR) is 83.6 cm³/mol. The highest BCUT2D eigenvalue weighted by Gasteiger charge is 2.27. The molecule has 2 heterocycles. The van der Waals surface area contributed by atoms with Crippen LogP contribution in [-0.4, -0.2) is 35.8 Å². The summed E-state index contributed by atoms with van der Waals surface area (Å²) in [6.45, 7) is -1.65. The predicted octanol–water partition coefficient (Wildman–Crippen LogP) is 2.06. The highest BCUT2D eigenvalue weighted by molar-refractivity contribution is 5.78. The van der Waals surface area contributed by atoms with Crippen LogP contribution in [0.5, 0.6) is 5.75 Å². The average molecular weight is 334 g/mol. The molecule has 6 nitrogen and oxygen atoms in total. The molecule has 1 aromatic carbocycles. The molecule has 0 radical (unpaired) electrons. The molecule has 1 fully saturated rings. The third-order valence-electron chi connectivity index (χ3n) is 3.92. The van der Waals surface area contributed by atoms with E-state index in [1.165, 1.54) is 12.1 Å². The number of nitrogens with zero attached hydrogens (tertiary/aromatic N) is 3. The summed E-state index contributed by atoms with van der Waals surface area (Å²) >= 11 is 0. The van der Waals surface area contributed by atoms with Crippen LogP contribution in [0.4, 0.5) is 14.6 Å². The molecular formula is C16H16F2N4O2. The zero-order chi connectivity index (χ0) is 17.1. The molecule has 0 aliphatic carbocycles. The summed E-state index contributed by atoms with van der Waals surface area (Å²) in [5.74, 6) is 0.243. The Morgan fingerprint density at radius 3 is 2.75 bits per heavy atom. The van der Waals surface area contributed by atoms with Gasteiger partial charge in [0.15, 0.2) is 5.82 Å². The number of aromatic nitrogens is 2. The standard InChI is InChI=1S/C16H16F2N4O2/c17-16(18)24-12-3-1-2-10(8-12)13-4-5-14(21-20-13)22-7-6-11(9-22)15(19)23/h1-5,8,11,16H,6-7,9H2,(H2,19,23)/t11-/m1/s1. The van der Waals surface area contributed by atoms with E-state index in [2.05, 4.69) is 14.9 Å². The van der Waals surface area contributed by atoms with Crippen molar-refractivity contribution in [3.8, 4) is 17.0 Å². The van der Waals surface area contributed by atoms with E-state index in [0.29, 0.717) is 36.6 Å². The molecule has 126 valence electrons. The molecule has 1 atom stereocenters. The Morgan fingerprint density at radius 2 is 2.12 bits per heavy atom. The minimum Gasteiger partial charge on any atom is -0.435 e. The van der Waals surface area contributed by atoms with Gasteiger partial charge in [-0.1, -0.05) is 12.1 Å². The minimum atomic E-state index is -2.87. The summed E-state index contributed by atoms with van der Waals surface area (Å²) in [6, 6.07) is 9.82. The first kappa shape index (κ1) is 16.1. The molecule has 2 aromatic rings. The van der Waals surface area contributed by atoms with Gasteiger partial charge in [0, 0.05) is 18.7 Å². The number of hydrogen-bond donors (Lipinski definition) is 1. The molecule has 1 amide bonds. The van der Waals surface area contributed by atoms with Crippen LogP contribution in [0.2, 0.25) is 0 Å². The van der Waals surface area contributed by atoms with Crippen LogP contribution in [0.25, 0.3) is 11.3 Å². The number of anilines is 1. The molecule has 0 bridgehead atoms. The van der Waals surface area contributed by atoms with Crippen LogP contribution in [0.1, 0.15) is 6.42 Å². The van der Waals surface area contributed by atoms with Crippen molar-refractivity contribution >= 4 is 11.7 Å². The zero-order valence-corrected chi connectivity index (χ0v) is 12.7. The van der Waals surface area contributed by atoms with Gasteiger partial charge in [-0.25, -0.2) is 0 Å². The number of carbonyl (C=O) groups excluding carboxylic acids is 1. The number of primary amides is 1. The van der Waals surface area contributed by atoms with Crippen LogP contribution >= 0.6 is 0 Å². The highest BCUT2D eigenvalue weighted by Crippen LogP contribution is 2.26. The molecule has 1 aromatic heterocycles. The lowest BCUT2D eigenvalue weighted by Crippen LogP contribution is -2.27. The quantitative estimate of drug-likeness (QED) is 0.905. The van der Waals surface area contributed by atoms with Crippen molar-refractivity contribution in [2.75, 3.05) is 18.0 Å². The van der Waals surface area contributed by atoms with Crippen molar-refractivity contribution in [1.29, 1.82) is 0 Å². The SMILES string of the molecule is NC(=O)[C@@H]1CCN(c2ccc(-c3cccc(OC(F)F)c3)nn2)C1. The normalized spacial score (nSPS) is 17.3. The highest BCUT2D eigenvalue weighted by atomic mass is 19.3. The third-order valence-corrected chi connectivity index (χ3v) is 3.92. The number of carbonyl (C=O) groups is 1. The first-order valence-electron chi connectivity index (χ1n) is 7.46. The Labute approximate surface area is 137 Å². The molecule has 1 aliphatic rings. The fourth-order valence-corrected chi connectivity index (χ4v) is 2.68. The number of ether oxygens (including phenoxy) is 1. The maximum atomic E-state index is 12.3. The van der Waals surface area contributed by atoms with Gasteiger partial charge >= 0.3 is 6.61 Å². The van der Waals surface area contributed by atoms with Gasteiger partial charge in [0.2, 0.25) is 5.91 Å². The van der Waals surface area contributed by atoms with E-state index < -0.39 is 6.61 Å². The number of amides is 1. The fraction of sp³-hybridized carbons (Fsp3) is 0.312. The van der Waals surface area contributed by atoms with E-state index in [0.717, 1.165) is 0 Å².